The molecule has 1 aromatic rings. The van der Waals surface area contributed by atoms with Crippen molar-refractivity contribution < 1.29 is 9.90 Å². The van der Waals surface area contributed by atoms with Gasteiger partial charge in [-0.25, -0.2) is 14.8 Å². The van der Waals surface area contributed by atoms with Crippen LogP contribution in [-0.2, 0) is 0 Å². The molecule has 1 aromatic heterocycles. The summed E-state index contributed by atoms with van der Waals surface area (Å²) in [5, 5.41) is 11.6. The topological polar surface area (TPSA) is 78.4 Å². The van der Waals surface area contributed by atoms with Crippen molar-refractivity contribution >= 4 is 11.9 Å². The molecule has 0 spiro atoms. The quantitative estimate of drug-likeness (QED) is 0.839. The Hall–Kier alpha value is -1.85. The fourth-order valence-corrected chi connectivity index (χ4v) is 3.40. The maximum atomic E-state index is 10.8. The number of aromatic nitrogens is 2. The van der Waals surface area contributed by atoms with Crippen LogP contribution in [0.15, 0.2) is 12.4 Å². The molecular weight excluding hydrogens is 244 g/mol. The minimum atomic E-state index is -0.909. The molecule has 3 rings (SSSR count). The second-order valence-corrected chi connectivity index (χ2v) is 5.50. The molecule has 6 heteroatoms. The normalized spacial score (nSPS) is 29.3. The Balaban J connectivity index is 1.75. The van der Waals surface area contributed by atoms with E-state index < -0.39 is 6.09 Å². The van der Waals surface area contributed by atoms with E-state index in [1.165, 1.54) is 0 Å². The van der Waals surface area contributed by atoms with Crippen LogP contribution in [0.2, 0.25) is 0 Å². The maximum absolute atomic E-state index is 10.8. The first-order valence-corrected chi connectivity index (χ1v) is 6.66. The first-order chi connectivity index (χ1) is 9.13. The average molecular weight is 262 g/mol. The second-order valence-electron chi connectivity index (χ2n) is 5.50. The monoisotopic (exact) mass is 262 g/mol. The van der Waals surface area contributed by atoms with Gasteiger partial charge in [0.1, 0.15) is 12.1 Å². The van der Waals surface area contributed by atoms with Gasteiger partial charge >= 0.3 is 6.09 Å². The van der Waals surface area contributed by atoms with E-state index in [9.17, 15) is 4.79 Å². The number of nitrogens with one attached hydrogen (secondary N) is 1. The number of nitrogens with zero attached hydrogens (tertiary/aromatic N) is 3. The van der Waals surface area contributed by atoms with Gasteiger partial charge in [-0.15, -0.1) is 0 Å². The van der Waals surface area contributed by atoms with Crippen molar-refractivity contribution in [2.75, 3.05) is 18.0 Å². The Morgan fingerprint density at radius 3 is 2.63 bits per heavy atom. The highest BCUT2D eigenvalue weighted by Crippen LogP contribution is 2.38. The molecule has 2 bridgehead atoms. The SMILES string of the molecule is Cc1cc(N2CC3CCC(C2)C3NC(=O)O)ncn1. The Kier molecular flexibility index (Phi) is 3.00. The fourth-order valence-electron chi connectivity index (χ4n) is 3.40. The molecule has 2 fully saturated rings. The van der Waals surface area contributed by atoms with Crippen LogP contribution in [0.4, 0.5) is 10.6 Å². The number of anilines is 1. The van der Waals surface area contributed by atoms with Crippen LogP contribution in [-0.4, -0.2) is 40.3 Å². The van der Waals surface area contributed by atoms with Crippen molar-refractivity contribution in [3.8, 4) is 0 Å². The van der Waals surface area contributed by atoms with Crippen molar-refractivity contribution in [3.63, 3.8) is 0 Å². The number of amides is 1. The molecule has 2 N–H and O–H groups in total. The van der Waals surface area contributed by atoms with Gasteiger partial charge in [0.05, 0.1) is 0 Å². The van der Waals surface area contributed by atoms with Gasteiger partial charge in [-0.2, -0.15) is 0 Å². The molecule has 1 saturated carbocycles. The summed E-state index contributed by atoms with van der Waals surface area (Å²) in [6, 6.07) is 2.10. The number of aryl methyl sites for hydroxylation is 1. The summed E-state index contributed by atoms with van der Waals surface area (Å²) in [6.07, 6.45) is 2.87. The number of carbonyl (C=O) groups is 1. The zero-order valence-electron chi connectivity index (χ0n) is 10.9. The van der Waals surface area contributed by atoms with Crippen LogP contribution >= 0.6 is 0 Å². The molecule has 1 amide bonds. The zero-order chi connectivity index (χ0) is 13.4. The Morgan fingerprint density at radius 2 is 2.05 bits per heavy atom. The molecule has 2 atom stereocenters. The van der Waals surface area contributed by atoms with Gasteiger partial charge in [0, 0.05) is 30.9 Å². The lowest BCUT2D eigenvalue weighted by molar-refractivity contribution is 0.178. The highest BCUT2D eigenvalue weighted by Gasteiger charge is 2.43. The smallest absolute Gasteiger partial charge is 0.404 e. The van der Waals surface area contributed by atoms with Crippen LogP contribution in [0.3, 0.4) is 0 Å². The fraction of sp³-hybridized carbons (Fsp3) is 0.615. The molecule has 0 aromatic carbocycles. The van der Waals surface area contributed by atoms with Crippen molar-refractivity contribution in [2.45, 2.75) is 25.8 Å². The molecule has 1 aliphatic carbocycles. The lowest BCUT2D eigenvalue weighted by atomic mass is 9.92. The minimum Gasteiger partial charge on any atom is -0.465 e. The van der Waals surface area contributed by atoms with E-state index in [2.05, 4.69) is 20.2 Å². The number of rotatable bonds is 2. The van der Waals surface area contributed by atoms with Crippen molar-refractivity contribution in [1.29, 1.82) is 0 Å². The van der Waals surface area contributed by atoms with Crippen LogP contribution in [0.1, 0.15) is 18.5 Å². The Morgan fingerprint density at radius 1 is 1.37 bits per heavy atom. The van der Waals surface area contributed by atoms with E-state index in [1.54, 1.807) is 6.33 Å². The lowest BCUT2D eigenvalue weighted by Gasteiger charge is -2.38. The van der Waals surface area contributed by atoms with Crippen LogP contribution in [0.5, 0.6) is 0 Å². The van der Waals surface area contributed by atoms with E-state index in [0.29, 0.717) is 11.8 Å². The van der Waals surface area contributed by atoms with Crippen molar-refractivity contribution in [1.82, 2.24) is 15.3 Å². The van der Waals surface area contributed by atoms with E-state index in [-0.39, 0.29) is 6.04 Å². The standard InChI is InChI=1S/C13H18N4O2/c1-8-4-11(15-7-14-8)17-5-9-2-3-10(6-17)12(9)16-13(18)19/h4,7,9-10,12,16H,2-3,5-6H2,1H3,(H,18,19). The van der Waals surface area contributed by atoms with Crippen LogP contribution in [0, 0.1) is 18.8 Å². The first-order valence-electron chi connectivity index (χ1n) is 6.66. The third-order valence-electron chi connectivity index (χ3n) is 4.24. The third-order valence-corrected chi connectivity index (χ3v) is 4.24. The summed E-state index contributed by atoms with van der Waals surface area (Å²) in [5.74, 6) is 1.74. The van der Waals surface area contributed by atoms with Gasteiger partial charge < -0.3 is 15.3 Å². The molecule has 1 aliphatic heterocycles. The van der Waals surface area contributed by atoms with Gasteiger partial charge in [0.25, 0.3) is 0 Å². The van der Waals surface area contributed by atoms with Crippen molar-refractivity contribution in [3.05, 3.63) is 18.1 Å². The molecule has 102 valence electrons. The van der Waals surface area contributed by atoms with E-state index in [0.717, 1.165) is 37.4 Å². The van der Waals surface area contributed by atoms with Gasteiger partial charge in [0.15, 0.2) is 0 Å². The predicted molar refractivity (Wildman–Crippen MR) is 70.1 cm³/mol. The summed E-state index contributed by atoms with van der Waals surface area (Å²) in [5.41, 5.74) is 0.961. The van der Waals surface area contributed by atoms with Crippen molar-refractivity contribution in [2.24, 2.45) is 11.8 Å². The molecule has 1 saturated heterocycles. The molecule has 2 unspecified atom stereocenters. The minimum absolute atomic E-state index is 0.108. The summed E-state index contributed by atoms with van der Waals surface area (Å²) < 4.78 is 0. The summed E-state index contributed by atoms with van der Waals surface area (Å²) in [4.78, 5) is 21.5. The Labute approximate surface area is 111 Å². The van der Waals surface area contributed by atoms with Gasteiger partial charge in [0.2, 0.25) is 0 Å². The summed E-state index contributed by atoms with van der Waals surface area (Å²) >= 11 is 0. The van der Waals surface area contributed by atoms with Gasteiger partial charge in [-0.1, -0.05) is 0 Å². The van der Waals surface area contributed by atoms with Gasteiger partial charge in [-0.3, -0.25) is 0 Å². The summed E-state index contributed by atoms with van der Waals surface area (Å²) in [6.45, 7) is 3.70. The number of hydrogen-bond acceptors (Lipinski definition) is 4. The lowest BCUT2D eigenvalue weighted by Crippen LogP contribution is -2.52. The first kappa shape index (κ1) is 12.2. The summed E-state index contributed by atoms with van der Waals surface area (Å²) in [7, 11) is 0. The molecule has 6 nitrogen and oxygen atoms in total. The number of fused-ring (bicyclic) bond motifs is 2. The number of piperidine rings is 1. The number of hydrogen-bond donors (Lipinski definition) is 2. The molecule has 19 heavy (non-hydrogen) atoms. The predicted octanol–water partition coefficient (Wildman–Crippen LogP) is 1.27. The Bertz CT molecular complexity index is 479. The highest BCUT2D eigenvalue weighted by atomic mass is 16.4. The zero-order valence-corrected chi connectivity index (χ0v) is 10.9. The second kappa shape index (κ2) is 4.68. The van der Waals surface area contributed by atoms with E-state index >= 15 is 0 Å². The third kappa shape index (κ3) is 2.34. The molecule has 2 aliphatic rings. The van der Waals surface area contributed by atoms with Gasteiger partial charge in [-0.05, 0) is 31.6 Å². The highest BCUT2D eigenvalue weighted by molar-refractivity contribution is 5.65. The van der Waals surface area contributed by atoms with E-state index in [4.69, 9.17) is 5.11 Å². The largest absolute Gasteiger partial charge is 0.465 e. The van der Waals surface area contributed by atoms with Crippen LogP contribution < -0.4 is 10.2 Å². The van der Waals surface area contributed by atoms with Crippen LogP contribution in [0.25, 0.3) is 0 Å². The average Bonchev–Trinajstić information content (AvgIpc) is 2.61. The number of carboxylic acid groups (broad SMARTS) is 1. The molecular formula is C13H18N4O2. The van der Waals surface area contributed by atoms with E-state index in [1.807, 2.05) is 13.0 Å². The maximum Gasteiger partial charge on any atom is 0.404 e. The molecule has 0 radical (unpaired) electrons. The molecule has 2 heterocycles.